The van der Waals surface area contributed by atoms with Gasteiger partial charge < -0.3 is 5.11 Å². The molecule has 1 aromatic carbocycles. The Bertz CT molecular complexity index is 313. The molecule has 2 nitrogen and oxygen atoms in total. The second kappa shape index (κ2) is 3.59. The van der Waals surface area contributed by atoms with Gasteiger partial charge in [-0.3, -0.25) is 0 Å². The summed E-state index contributed by atoms with van der Waals surface area (Å²) in [5.74, 6) is -0.111. The van der Waals surface area contributed by atoms with Gasteiger partial charge in [0.1, 0.15) is 6.07 Å². The number of aliphatic hydroxyl groups is 1. The first-order valence-corrected chi connectivity index (χ1v) is 4.30. The third-order valence-corrected chi connectivity index (χ3v) is 2.22. The smallest absolute Gasteiger partial charge is 0.178 e. The minimum absolute atomic E-state index is 0.111. The fourth-order valence-corrected chi connectivity index (χ4v) is 1.22. The SMILES string of the molecule is CC(C)C(O)(C#N)c1ccccc1. The molecule has 0 aliphatic heterocycles. The van der Waals surface area contributed by atoms with Crippen molar-refractivity contribution < 1.29 is 5.11 Å². The minimum atomic E-state index is -1.36. The quantitative estimate of drug-likeness (QED) is 0.699. The lowest BCUT2D eigenvalue weighted by Gasteiger charge is -2.24. The average Bonchev–Trinajstić information content (AvgIpc) is 2.17. The molecule has 1 unspecified atom stereocenters. The molecule has 0 radical (unpaired) electrons. The first-order valence-electron chi connectivity index (χ1n) is 4.30. The Morgan fingerprint density at radius 1 is 1.31 bits per heavy atom. The summed E-state index contributed by atoms with van der Waals surface area (Å²) in [6.45, 7) is 3.66. The van der Waals surface area contributed by atoms with E-state index < -0.39 is 5.60 Å². The Labute approximate surface area is 78.4 Å². The molecule has 0 bridgehead atoms. The number of benzene rings is 1. The van der Waals surface area contributed by atoms with Gasteiger partial charge in [-0.15, -0.1) is 0 Å². The van der Waals surface area contributed by atoms with Crippen LogP contribution >= 0.6 is 0 Å². The number of nitrogens with zero attached hydrogens (tertiary/aromatic N) is 1. The second-order valence-electron chi connectivity index (χ2n) is 3.40. The van der Waals surface area contributed by atoms with Gasteiger partial charge in [0.25, 0.3) is 0 Å². The van der Waals surface area contributed by atoms with Crippen molar-refractivity contribution in [1.82, 2.24) is 0 Å². The highest BCUT2D eigenvalue weighted by atomic mass is 16.3. The summed E-state index contributed by atoms with van der Waals surface area (Å²) in [7, 11) is 0. The summed E-state index contributed by atoms with van der Waals surface area (Å²) in [4.78, 5) is 0. The summed E-state index contributed by atoms with van der Waals surface area (Å²) < 4.78 is 0. The highest BCUT2D eigenvalue weighted by molar-refractivity contribution is 5.28. The highest BCUT2D eigenvalue weighted by Gasteiger charge is 2.32. The molecule has 1 aromatic rings. The van der Waals surface area contributed by atoms with E-state index in [2.05, 4.69) is 0 Å². The van der Waals surface area contributed by atoms with E-state index in [1.165, 1.54) is 0 Å². The predicted molar refractivity (Wildman–Crippen MR) is 50.8 cm³/mol. The van der Waals surface area contributed by atoms with E-state index in [1.54, 1.807) is 12.1 Å². The van der Waals surface area contributed by atoms with E-state index >= 15 is 0 Å². The van der Waals surface area contributed by atoms with Crippen molar-refractivity contribution in [2.75, 3.05) is 0 Å². The lowest BCUT2D eigenvalue weighted by atomic mass is 9.85. The van der Waals surface area contributed by atoms with Gasteiger partial charge in [0.2, 0.25) is 0 Å². The molecular weight excluding hydrogens is 162 g/mol. The Hall–Kier alpha value is -1.33. The molecule has 0 aliphatic carbocycles. The average molecular weight is 175 g/mol. The van der Waals surface area contributed by atoms with Crippen molar-refractivity contribution in [2.24, 2.45) is 5.92 Å². The van der Waals surface area contributed by atoms with Crippen molar-refractivity contribution in [3.05, 3.63) is 35.9 Å². The molecule has 0 fully saturated rings. The number of rotatable bonds is 2. The highest BCUT2D eigenvalue weighted by Crippen LogP contribution is 2.28. The molecule has 68 valence electrons. The fraction of sp³-hybridized carbons (Fsp3) is 0.364. The first kappa shape index (κ1) is 9.76. The summed E-state index contributed by atoms with van der Waals surface area (Å²) >= 11 is 0. The molecule has 1 rings (SSSR count). The standard InChI is InChI=1S/C11H13NO/c1-9(2)11(13,8-12)10-6-4-3-5-7-10/h3-7,9,13H,1-2H3. The van der Waals surface area contributed by atoms with Gasteiger partial charge in [0.05, 0.1) is 0 Å². The summed E-state index contributed by atoms with van der Waals surface area (Å²) in [6, 6.07) is 11.0. The van der Waals surface area contributed by atoms with Gasteiger partial charge in [-0.05, 0) is 11.5 Å². The van der Waals surface area contributed by atoms with Crippen molar-refractivity contribution in [1.29, 1.82) is 5.26 Å². The third-order valence-electron chi connectivity index (χ3n) is 2.22. The molecule has 0 aliphatic rings. The molecule has 2 heteroatoms. The van der Waals surface area contributed by atoms with Crippen LogP contribution in [0.3, 0.4) is 0 Å². The van der Waals surface area contributed by atoms with E-state index in [1.807, 2.05) is 38.1 Å². The molecule has 0 spiro atoms. The maximum absolute atomic E-state index is 10.0. The van der Waals surface area contributed by atoms with Gasteiger partial charge in [0, 0.05) is 0 Å². The van der Waals surface area contributed by atoms with Crippen LogP contribution in [-0.4, -0.2) is 5.11 Å². The molecule has 0 saturated heterocycles. The molecule has 13 heavy (non-hydrogen) atoms. The zero-order valence-corrected chi connectivity index (χ0v) is 7.86. The summed E-state index contributed by atoms with van der Waals surface area (Å²) in [6.07, 6.45) is 0. The fourth-order valence-electron chi connectivity index (χ4n) is 1.22. The summed E-state index contributed by atoms with van der Waals surface area (Å²) in [5, 5.41) is 18.9. The van der Waals surface area contributed by atoms with Crippen LogP contribution in [0.5, 0.6) is 0 Å². The Morgan fingerprint density at radius 2 is 1.85 bits per heavy atom. The topological polar surface area (TPSA) is 44.0 Å². The van der Waals surface area contributed by atoms with E-state index in [-0.39, 0.29) is 5.92 Å². The lowest BCUT2D eigenvalue weighted by molar-refractivity contribution is 0.0481. The van der Waals surface area contributed by atoms with Gasteiger partial charge in [-0.25, -0.2) is 0 Å². The Kier molecular flexibility index (Phi) is 2.69. The maximum Gasteiger partial charge on any atom is 0.178 e. The largest absolute Gasteiger partial charge is 0.371 e. The Balaban J connectivity index is 3.13. The second-order valence-corrected chi connectivity index (χ2v) is 3.40. The zero-order valence-electron chi connectivity index (χ0n) is 7.86. The van der Waals surface area contributed by atoms with Crippen molar-refractivity contribution in [3.63, 3.8) is 0 Å². The molecular formula is C11H13NO. The third kappa shape index (κ3) is 1.71. The van der Waals surface area contributed by atoms with Crippen molar-refractivity contribution in [3.8, 4) is 6.07 Å². The number of nitriles is 1. The van der Waals surface area contributed by atoms with Gasteiger partial charge in [-0.1, -0.05) is 44.2 Å². The lowest BCUT2D eigenvalue weighted by Crippen LogP contribution is -2.29. The molecule has 1 atom stereocenters. The van der Waals surface area contributed by atoms with Crippen LogP contribution in [0.4, 0.5) is 0 Å². The molecule has 0 heterocycles. The summed E-state index contributed by atoms with van der Waals surface area (Å²) in [5.41, 5.74) is -0.700. The maximum atomic E-state index is 10.0. The number of hydrogen-bond donors (Lipinski definition) is 1. The molecule has 0 amide bonds. The van der Waals surface area contributed by atoms with Crippen LogP contribution in [0.15, 0.2) is 30.3 Å². The zero-order chi connectivity index (χ0) is 9.90. The Morgan fingerprint density at radius 3 is 2.23 bits per heavy atom. The minimum Gasteiger partial charge on any atom is -0.371 e. The predicted octanol–water partition coefficient (Wildman–Crippen LogP) is 2.05. The van der Waals surface area contributed by atoms with Crippen LogP contribution in [-0.2, 0) is 5.60 Å². The normalized spacial score (nSPS) is 15.0. The van der Waals surface area contributed by atoms with Crippen LogP contribution in [0.2, 0.25) is 0 Å². The molecule has 0 saturated carbocycles. The van der Waals surface area contributed by atoms with Gasteiger partial charge in [0.15, 0.2) is 5.60 Å². The van der Waals surface area contributed by atoms with Crippen LogP contribution < -0.4 is 0 Å². The van der Waals surface area contributed by atoms with Crippen molar-refractivity contribution >= 4 is 0 Å². The van der Waals surface area contributed by atoms with Gasteiger partial charge >= 0.3 is 0 Å². The number of hydrogen-bond acceptors (Lipinski definition) is 2. The van der Waals surface area contributed by atoms with E-state index in [0.29, 0.717) is 5.56 Å². The monoisotopic (exact) mass is 175 g/mol. The van der Waals surface area contributed by atoms with E-state index in [9.17, 15) is 5.11 Å². The van der Waals surface area contributed by atoms with Crippen molar-refractivity contribution in [2.45, 2.75) is 19.4 Å². The van der Waals surface area contributed by atoms with Crippen LogP contribution in [0.25, 0.3) is 0 Å². The van der Waals surface area contributed by atoms with Crippen LogP contribution in [0.1, 0.15) is 19.4 Å². The molecule has 0 aromatic heterocycles. The van der Waals surface area contributed by atoms with E-state index in [0.717, 1.165) is 0 Å². The first-order chi connectivity index (χ1) is 6.11. The van der Waals surface area contributed by atoms with E-state index in [4.69, 9.17) is 5.26 Å². The van der Waals surface area contributed by atoms with Gasteiger partial charge in [-0.2, -0.15) is 5.26 Å². The molecule has 1 N–H and O–H groups in total. The van der Waals surface area contributed by atoms with Crippen LogP contribution in [0, 0.1) is 17.2 Å².